The summed E-state index contributed by atoms with van der Waals surface area (Å²) in [6, 6.07) is 12.9. The van der Waals surface area contributed by atoms with Crippen molar-refractivity contribution in [3.63, 3.8) is 0 Å². The van der Waals surface area contributed by atoms with Crippen LogP contribution in [-0.4, -0.2) is 24.7 Å². The summed E-state index contributed by atoms with van der Waals surface area (Å²) >= 11 is 1.86. The summed E-state index contributed by atoms with van der Waals surface area (Å²) in [5, 5.41) is 2.52. The molecule has 1 atom stereocenters. The largest absolute Gasteiger partial charge is 0.493 e. The van der Waals surface area contributed by atoms with Gasteiger partial charge in [0.1, 0.15) is 5.75 Å². The fourth-order valence-corrected chi connectivity index (χ4v) is 2.86. The first-order valence-electron chi connectivity index (χ1n) is 7.64. The van der Waals surface area contributed by atoms with Gasteiger partial charge in [-0.05, 0) is 48.1 Å². The molecule has 21 heavy (non-hydrogen) atoms. The van der Waals surface area contributed by atoms with E-state index in [-0.39, 0.29) is 6.04 Å². The Labute approximate surface area is 132 Å². The summed E-state index contributed by atoms with van der Waals surface area (Å²) in [6.45, 7) is 2.91. The highest BCUT2D eigenvalue weighted by Gasteiger charge is 2.12. The topological polar surface area (TPSA) is 35.2 Å². The molecule has 0 aliphatic heterocycles. The van der Waals surface area contributed by atoms with Crippen molar-refractivity contribution in [2.45, 2.75) is 32.2 Å². The average Bonchev–Trinajstić information content (AvgIpc) is 2.53. The minimum atomic E-state index is 0.185. The predicted molar refractivity (Wildman–Crippen MR) is 94.4 cm³/mol. The van der Waals surface area contributed by atoms with Crippen LogP contribution in [0.25, 0.3) is 10.8 Å². The van der Waals surface area contributed by atoms with Gasteiger partial charge in [-0.2, -0.15) is 11.8 Å². The van der Waals surface area contributed by atoms with Crippen molar-refractivity contribution in [3.8, 4) is 5.75 Å². The Bertz CT molecular complexity index is 570. The molecule has 2 N–H and O–H groups in total. The number of hydrogen-bond acceptors (Lipinski definition) is 3. The van der Waals surface area contributed by atoms with E-state index < -0.39 is 0 Å². The summed E-state index contributed by atoms with van der Waals surface area (Å²) in [5.74, 6) is 2.14. The van der Waals surface area contributed by atoms with Gasteiger partial charge >= 0.3 is 0 Å². The van der Waals surface area contributed by atoms with Crippen LogP contribution >= 0.6 is 11.8 Å². The van der Waals surface area contributed by atoms with Crippen LogP contribution in [0, 0.1) is 0 Å². The maximum absolute atomic E-state index is 6.18. The minimum absolute atomic E-state index is 0.185. The molecule has 0 amide bonds. The number of thioether (sulfide) groups is 1. The van der Waals surface area contributed by atoms with Crippen molar-refractivity contribution in [2.75, 3.05) is 18.6 Å². The van der Waals surface area contributed by atoms with Crippen LogP contribution in [0.5, 0.6) is 5.75 Å². The monoisotopic (exact) mass is 303 g/mol. The lowest BCUT2D eigenvalue weighted by molar-refractivity contribution is 0.315. The normalized spacial score (nSPS) is 12.5. The Balaban J connectivity index is 2.27. The van der Waals surface area contributed by atoms with E-state index >= 15 is 0 Å². The fraction of sp³-hybridized carbons (Fsp3) is 0.444. The standard InChI is InChI=1S/C18H25NOS/c1-3-15(19)13-17-16-8-5-4-7-14(16)9-10-18(17)20-11-6-12-21-2/h4-5,7-10,15H,3,6,11-13,19H2,1-2H3. The molecule has 0 spiro atoms. The third-order valence-electron chi connectivity index (χ3n) is 3.74. The second-order valence-electron chi connectivity index (χ2n) is 5.33. The Morgan fingerprint density at radius 2 is 2.00 bits per heavy atom. The molecule has 2 aromatic carbocycles. The summed E-state index contributed by atoms with van der Waals surface area (Å²) in [6.07, 6.45) is 5.06. The molecule has 2 rings (SSSR count). The molecule has 0 aliphatic carbocycles. The first-order valence-corrected chi connectivity index (χ1v) is 9.03. The highest BCUT2D eigenvalue weighted by molar-refractivity contribution is 7.98. The van der Waals surface area contributed by atoms with Crippen molar-refractivity contribution in [2.24, 2.45) is 5.73 Å². The molecule has 0 saturated carbocycles. The van der Waals surface area contributed by atoms with Gasteiger partial charge in [0.25, 0.3) is 0 Å². The van der Waals surface area contributed by atoms with Crippen LogP contribution in [0.15, 0.2) is 36.4 Å². The minimum Gasteiger partial charge on any atom is -0.493 e. The van der Waals surface area contributed by atoms with Crippen LogP contribution < -0.4 is 10.5 Å². The molecule has 2 nitrogen and oxygen atoms in total. The molecular weight excluding hydrogens is 278 g/mol. The van der Waals surface area contributed by atoms with Crippen LogP contribution in [0.1, 0.15) is 25.3 Å². The van der Waals surface area contributed by atoms with E-state index in [0.29, 0.717) is 0 Å². The third-order valence-corrected chi connectivity index (χ3v) is 4.44. The summed E-state index contributed by atoms with van der Waals surface area (Å²) in [7, 11) is 0. The highest BCUT2D eigenvalue weighted by atomic mass is 32.2. The highest BCUT2D eigenvalue weighted by Crippen LogP contribution is 2.29. The predicted octanol–water partition coefficient (Wildman–Crippen LogP) is 4.25. The zero-order chi connectivity index (χ0) is 15.1. The molecule has 0 saturated heterocycles. The van der Waals surface area contributed by atoms with Crippen LogP contribution in [0.3, 0.4) is 0 Å². The fourth-order valence-electron chi connectivity index (χ4n) is 2.45. The van der Waals surface area contributed by atoms with E-state index in [2.05, 4.69) is 49.6 Å². The van der Waals surface area contributed by atoms with Crippen molar-refractivity contribution in [1.82, 2.24) is 0 Å². The maximum Gasteiger partial charge on any atom is 0.123 e. The molecule has 0 radical (unpaired) electrons. The van der Waals surface area contributed by atoms with E-state index in [1.54, 1.807) is 0 Å². The number of rotatable bonds is 8. The van der Waals surface area contributed by atoms with E-state index in [0.717, 1.165) is 37.4 Å². The Morgan fingerprint density at radius 1 is 1.19 bits per heavy atom. The molecule has 114 valence electrons. The molecule has 0 aliphatic rings. The maximum atomic E-state index is 6.18. The number of fused-ring (bicyclic) bond motifs is 1. The van der Waals surface area contributed by atoms with E-state index in [1.807, 2.05) is 11.8 Å². The van der Waals surface area contributed by atoms with Crippen LogP contribution in [-0.2, 0) is 6.42 Å². The average molecular weight is 303 g/mol. The molecule has 0 fully saturated rings. The van der Waals surface area contributed by atoms with E-state index in [9.17, 15) is 0 Å². The third kappa shape index (κ3) is 4.39. The molecule has 1 unspecified atom stereocenters. The first-order chi connectivity index (χ1) is 10.3. The lowest BCUT2D eigenvalue weighted by atomic mass is 9.97. The van der Waals surface area contributed by atoms with Gasteiger partial charge in [-0.15, -0.1) is 0 Å². The summed E-state index contributed by atoms with van der Waals surface area (Å²) in [5.41, 5.74) is 7.44. The van der Waals surface area contributed by atoms with Gasteiger partial charge in [-0.1, -0.05) is 37.3 Å². The molecule has 0 bridgehead atoms. The number of hydrogen-bond donors (Lipinski definition) is 1. The Morgan fingerprint density at radius 3 is 2.76 bits per heavy atom. The Kier molecular flexibility index (Phi) is 6.40. The van der Waals surface area contributed by atoms with Crippen LogP contribution in [0.2, 0.25) is 0 Å². The van der Waals surface area contributed by atoms with Crippen molar-refractivity contribution in [1.29, 1.82) is 0 Å². The van der Waals surface area contributed by atoms with Gasteiger partial charge < -0.3 is 10.5 Å². The zero-order valence-corrected chi connectivity index (χ0v) is 13.8. The zero-order valence-electron chi connectivity index (χ0n) is 13.0. The summed E-state index contributed by atoms with van der Waals surface area (Å²) < 4.78 is 6.02. The van der Waals surface area contributed by atoms with Gasteiger partial charge in [0.2, 0.25) is 0 Å². The van der Waals surface area contributed by atoms with Crippen molar-refractivity contribution in [3.05, 3.63) is 42.0 Å². The number of ether oxygens (including phenoxy) is 1. The Hall–Kier alpha value is -1.19. The van der Waals surface area contributed by atoms with Gasteiger partial charge in [-0.3, -0.25) is 0 Å². The summed E-state index contributed by atoms with van der Waals surface area (Å²) in [4.78, 5) is 0. The van der Waals surface area contributed by atoms with Gasteiger partial charge in [-0.25, -0.2) is 0 Å². The van der Waals surface area contributed by atoms with Crippen molar-refractivity contribution >= 4 is 22.5 Å². The van der Waals surface area contributed by atoms with E-state index in [1.165, 1.54) is 16.3 Å². The molecule has 2 aromatic rings. The first kappa shape index (κ1) is 16.2. The number of nitrogens with two attached hydrogens (primary N) is 1. The second-order valence-corrected chi connectivity index (χ2v) is 6.32. The molecule has 0 heterocycles. The van der Waals surface area contributed by atoms with Gasteiger partial charge in [0, 0.05) is 11.6 Å². The molecular formula is C18H25NOS. The lowest BCUT2D eigenvalue weighted by Crippen LogP contribution is -2.22. The quantitative estimate of drug-likeness (QED) is 0.740. The molecule has 0 aromatic heterocycles. The molecule has 3 heteroatoms. The second kappa shape index (κ2) is 8.30. The SMILES string of the molecule is CCC(N)Cc1c(OCCCSC)ccc2ccccc12. The smallest absolute Gasteiger partial charge is 0.123 e. The van der Waals surface area contributed by atoms with Crippen molar-refractivity contribution < 1.29 is 4.74 Å². The van der Waals surface area contributed by atoms with Gasteiger partial charge in [0.05, 0.1) is 6.61 Å². The van der Waals surface area contributed by atoms with Crippen LogP contribution in [0.4, 0.5) is 0 Å². The van der Waals surface area contributed by atoms with E-state index in [4.69, 9.17) is 10.5 Å². The lowest BCUT2D eigenvalue weighted by Gasteiger charge is -2.17. The van der Waals surface area contributed by atoms with Gasteiger partial charge in [0.15, 0.2) is 0 Å². The number of benzene rings is 2.